The number of carbonyl (C=O) groups is 1. The molecule has 0 atom stereocenters. The highest BCUT2D eigenvalue weighted by Gasteiger charge is 2.20. The predicted molar refractivity (Wildman–Crippen MR) is 126 cm³/mol. The van der Waals surface area contributed by atoms with Gasteiger partial charge in [-0.15, -0.1) is 0 Å². The van der Waals surface area contributed by atoms with E-state index in [1.807, 2.05) is 83.5 Å². The highest BCUT2D eigenvalue weighted by molar-refractivity contribution is 6.12. The smallest absolute Gasteiger partial charge is 0.276 e. The van der Waals surface area contributed by atoms with Gasteiger partial charge in [-0.25, -0.2) is 4.98 Å². The van der Waals surface area contributed by atoms with Crippen LogP contribution >= 0.6 is 0 Å². The molecule has 0 aliphatic carbocycles. The van der Waals surface area contributed by atoms with Gasteiger partial charge in [-0.3, -0.25) is 19.2 Å². The van der Waals surface area contributed by atoms with Crippen molar-refractivity contribution in [3.8, 4) is 11.4 Å². The summed E-state index contributed by atoms with van der Waals surface area (Å²) in [6.07, 6.45) is 9.04. The quantitative estimate of drug-likeness (QED) is 0.423. The molecule has 0 fully saturated rings. The molecule has 0 bridgehead atoms. The summed E-state index contributed by atoms with van der Waals surface area (Å²) in [6.45, 7) is 0. The predicted octanol–water partition coefficient (Wildman–Crippen LogP) is 5.35. The number of nitrogens with zero attached hydrogens (tertiary/aromatic N) is 4. The molecule has 0 aliphatic heterocycles. The number of hydrogen-bond donors (Lipinski definition) is 1. The second-order valence-electron chi connectivity index (χ2n) is 7.50. The molecule has 4 heterocycles. The average molecular weight is 415 g/mol. The van der Waals surface area contributed by atoms with Crippen LogP contribution in [0.15, 0.2) is 97.7 Å². The van der Waals surface area contributed by atoms with E-state index in [0.717, 1.165) is 38.3 Å². The third-order valence-electron chi connectivity index (χ3n) is 5.60. The fourth-order valence-electron chi connectivity index (χ4n) is 4.10. The third-order valence-corrected chi connectivity index (χ3v) is 5.60. The van der Waals surface area contributed by atoms with Crippen LogP contribution in [-0.4, -0.2) is 25.3 Å². The number of pyridine rings is 3. The minimum atomic E-state index is -0.266. The van der Waals surface area contributed by atoms with E-state index in [9.17, 15) is 4.79 Å². The normalized spacial score (nSPS) is 11.2. The van der Waals surface area contributed by atoms with E-state index in [-0.39, 0.29) is 5.91 Å². The van der Waals surface area contributed by atoms with Crippen LogP contribution in [-0.2, 0) is 0 Å². The highest BCUT2D eigenvalue weighted by atomic mass is 16.1. The fourth-order valence-corrected chi connectivity index (χ4v) is 4.10. The second kappa shape index (κ2) is 7.28. The molecule has 0 radical (unpaired) electrons. The van der Waals surface area contributed by atoms with Gasteiger partial charge in [0.25, 0.3) is 5.91 Å². The molecule has 4 aromatic heterocycles. The Hall–Kier alpha value is -4.58. The maximum absolute atomic E-state index is 13.4. The SMILES string of the molecule is O=C(Nc1cccc2cnccc12)c1nc(-c2cncc3ccccc23)n2ccccc12. The van der Waals surface area contributed by atoms with Crippen molar-refractivity contribution < 1.29 is 4.79 Å². The lowest BCUT2D eigenvalue weighted by Gasteiger charge is -2.07. The molecular weight excluding hydrogens is 398 g/mol. The van der Waals surface area contributed by atoms with E-state index in [1.165, 1.54) is 0 Å². The summed E-state index contributed by atoms with van der Waals surface area (Å²) in [5.74, 6) is 0.412. The van der Waals surface area contributed by atoms with E-state index < -0.39 is 0 Å². The lowest BCUT2D eigenvalue weighted by Crippen LogP contribution is -2.13. The standard InChI is InChI=1S/C26H17N5O/c32-26(29-22-9-5-7-18-14-27-12-11-20(18)22)24-23-10-3-4-13-31(23)25(30-24)21-16-28-15-17-6-1-2-8-19(17)21/h1-16H,(H,29,32). The molecule has 2 aromatic carbocycles. The summed E-state index contributed by atoms with van der Waals surface area (Å²) in [5, 5.41) is 6.98. The zero-order valence-electron chi connectivity index (χ0n) is 16.9. The summed E-state index contributed by atoms with van der Waals surface area (Å²) in [5.41, 5.74) is 2.69. The van der Waals surface area contributed by atoms with Crippen molar-refractivity contribution in [1.29, 1.82) is 0 Å². The first kappa shape index (κ1) is 18.2. The van der Waals surface area contributed by atoms with Gasteiger partial charge in [0.15, 0.2) is 5.69 Å². The van der Waals surface area contributed by atoms with E-state index >= 15 is 0 Å². The molecule has 0 saturated heterocycles. The van der Waals surface area contributed by atoms with Crippen LogP contribution < -0.4 is 5.32 Å². The Kier molecular flexibility index (Phi) is 4.14. The van der Waals surface area contributed by atoms with Crippen molar-refractivity contribution >= 4 is 38.7 Å². The highest BCUT2D eigenvalue weighted by Crippen LogP contribution is 2.30. The van der Waals surface area contributed by atoms with Gasteiger partial charge < -0.3 is 5.32 Å². The maximum Gasteiger partial charge on any atom is 0.276 e. The molecule has 0 aliphatic rings. The molecule has 6 rings (SSSR count). The number of fused-ring (bicyclic) bond motifs is 3. The number of amides is 1. The van der Waals surface area contributed by atoms with Gasteiger partial charge in [-0.05, 0) is 29.7 Å². The van der Waals surface area contributed by atoms with Crippen molar-refractivity contribution in [1.82, 2.24) is 19.4 Å². The van der Waals surface area contributed by atoms with Gasteiger partial charge in [0.05, 0.1) is 5.52 Å². The Morgan fingerprint density at radius 3 is 2.56 bits per heavy atom. The minimum absolute atomic E-state index is 0.266. The van der Waals surface area contributed by atoms with Crippen LogP contribution in [0.3, 0.4) is 0 Å². The Balaban J connectivity index is 1.50. The van der Waals surface area contributed by atoms with Crippen LogP contribution in [0.1, 0.15) is 10.5 Å². The molecule has 6 heteroatoms. The summed E-state index contributed by atoms with van der Waals surface area (Å²) < 4.78 is 1.94. The summed E-state index contributed by atoms with van der Waals surface area (Å²) in [4.78, 5) is 26.7. The molecular formula is C26H17N5O. The minimum Gasteiger partial charge on any atom is -0.320 e. The molecule has 1 N–H and O–H groups in total. The topological polar surface area (TPSA) is 72.2 Å². The van der Waals surface area contributed by atoms with Crippen LogP contribution in [0.25, 0.3) is 38.4 Å². The van der Waals surface area contributed by atoms with E-state index in [1.54, 1.807) is 18.6 Å². The van der Waals surface area contributed by atoms with Gasteiger partial charge in [0.1, 0.15) is 5.82 Å². The largest absolute Gasteiger partial charge is 0.320 e. The maximum atomic E-state index is 13.4. The summed E-state index contributed by atoms with van der Waals surface area (Å²) in [7, 11) is 0. The van der Waals surface area contributed by atoms with Crippen molar-refractivity contribution in [2.24, 2.45) is 0 Å². The first-order valence-corrected chi connectivity index (χ1v) is 10.2. The number of nitrogens with one attached hydrogen (secondary N) is 1. The van der Waals surface area contributed by atoms with Gasteiger partial charge in [0, 0.05) is 58.4 Å². The van der Waals surface area contributed by atoms with Crippen molar-refractivity contribution in [3.63, 3.8) is 0 Å². The summed E-state index contributed by atoms with van der Waals surface area (Å²) >= 11 is 0. The van der Waals surface area contributed by atoms with Gasteiger partial charge in [-0.2, -0.15) is 0 Å². The van der Waals surface area contributed by atoms with Crippen LogP contribution in [0, 0.1) is 0 Å². The van der Waals surface area contributed by atoms with E-state index in [0.29, 0.717) is 11.5 Å². The number of imidazole rings is 1. The average Bonchev–Trinajstić information content (AvgIpc) is 3.24. The molecule has 6 nitrogen and oxygen atoms in total. The Morgan fingerprint density at radius 1 is 0.781 bits per heavy atom. The third kappa shape index (κ3) is 2.89. The Morgan fingerprint density at radius 2 is 1.59 bits per heavy atom. The molecule has 1 amide bonds. The fraction of sp³-hybridized carbons (Fsp3) is 0. The number of anilines is 1. The van der Waals surface area contributed by atoms with E-state index in [4.69, 9.17) is 4.98 Å². The zero-order chi connectivity index (χ0) is 21.5. The van der Waals surface area contributed by atoms with Crippen LogP contribution in [0.4, 0.5) is 5.69 Å². The number of benzene rings is 2. The lowest BCUT2D eigenvalue weighted by atomic mass is 10.1. The van der Waals surface area contributed by atoms with Gasteiger partial charge in [-0.1, -0.05) is 42.5 Å². The number of carbonyl (C=O) groups excluding carboxylic acids is 1. The van der Waals surface area contributed by atoms with Crippen molar-refractivity contribution in [2.45, 2.75) is 0 Å². The number of rotatable bonds is 3. The molecule has 0 spiro atoms. The van der Waals surface area contributed by atoms with Gasteiger partial charge >= 0.3 is 0 Å². The zero-order valence-corrected chi connectivity index (χ0v) is 16.9. The summed E-state index contributed by atoms with van der Waals surface area (Å²) in [6, 6.07) is 21.4. The Labute approximate surface area is 183 Å². The molecule has 32 heavy (non-hydrogen) atoms. The van der Waals surface area contributed by atoms with E-state index in [2.05, 4.69) is 15.3 Å². The van der Waals surface area contributed by atoms with Crippen LogP contribution in [0.2, 0.25) is 0 Å². The van der Waals surface area contributed by atoms with Crippen molar-refractivity contribution in [3.05, 3.63) is 103 Å². The van der Waals surface area contributed by atoms with Crippen molar-refractivity contribution in [2.75, 3.05) is 5.32 Å². The van der Waals surface area contributed by atoms with Gasteiger partial charge in [0.2, 0.25) is 0 Å². The number of hydrogen-bond acceptors (Lipinski definition) is 4. The first-order valence-electron chi connectivity index (χ1n) is 10.2. The monoisotopic (exact) mass is 415 g/mol. The van der Waals surface area contributed by atoms with Crippen LogP contribution in [0.5, 0.6) is 0 Å². The molecule has 0 saturated carbocycles. The Bertz CT molecular complexity index is 1630. The molecule has 6 aromatic rings. The lowest BCUT2D eigenvalue weighted by molar-refractivity contribution is 0.102. The number of aromatic nitrogens is 4. The first-order chi connectivity index (χ1) is 15.8. The molecule has 0 unspecified atom stereocenters. The molecule has 152 valence electrons. The second-order valence-corrected chi connectivity index (χ2v) is 7.50.